The normalized spacial score (nSPS) is 19.8. The summed E-state index contributed by atoms with van der Waals surface area (Å²) in [6.45, 7) is 3.21. The van der Waals surface area contributed by atoms with Crippen molar-refractivity contribution >= 4 is 5.69 Å². The number of hydrogen-bond donors (Lipinski definition) is 1. The summed E-state index contributed by atoms with van der Waals surface area (Å²) >= 11 is 0. The molecule has 0 aliphatic heterocycles. The third kappa shape index (κ3) is 3.98. The third-order valence-electron chi connectivity index (χ3n) is 4.84. The van der Waals surface area contributed by atoms with Gasteiger partial charge in [0.1, 0.15) is 0 Å². The van der Waals surface area contributed by atoms with E-state index in [2.05, 4.69) is 48.2 Å². The topological polar surface area (TPSA) is 32.5 Å². The Morgan fingerprint density at radius 2 is 1.52 bits per heavy atom. The molecule has 0 bridgehead atoms. The van der Waals surface area contributed by atoms with Crippen LogP contribution in [0.25, 0.3) is 0 Å². The van der Waals surface area contributed by atoms with Crippen molar-refractivity contribution in [3.8, 4) is 0 Å². The van der Waals surface area contributed by atoms with Crippen LogP contribution in [0.3, 0.4) is 0 Å². The Labute approximate surface area is 129 Å². The molecule has 1 unspecified atom stereocenters. The lowest BCUT2D eigenvalue weighted by Crippen LogP contribution is -2.36. The van der Waals surface area contributed by atoms with Crippen LogP contribution in [0.2, 0.25) is 0 Å². The fourth-order valence-electron chi connectivity index (χ4n) is 3.08. The van der Waals surface area contributed by atoms with Gasteiger partial charge < -0.3 is 10.6 Å². The summed E-state index contributed by atoms with van der Waals surface area (Å²) < 4.78 is 0. The molecule has 0 amide bonds. The van der Waals surface area contributed by atoms with E-state index in [-0.39, 0.29) is 0 Å². The molecule has 1 aromatic rings. The predicted octanol–water partition coefficient (Wildman–Crippen LogP) is 2.87. The van der Waals surface area contributed by atoms with Crippen molar-refractivity contribution in [1.82, 2.24) is 4.90 Å². The molecule has 21 heavy (non-hydrogen) atoms. The minimum atomic E-state index is 0.391. The number of anilines is 1. The molecule has 0 heterocycles. The maximum atomic E-state index is 6.14. The van der Waals surface area contributed by atoms with Gasteiger partial charge >= 0.3 is 0 Å². The molecule has 1 atom stereocenters. The highest BCUT2D eigenvalue weighted by atomic mass is 15.2. The van der Waals surface area contributed by atoms with E-state index >= 15 is 0 Å². The van der Waals surface area contributed by atoms with Gasteiger partial charge in [0.15, 0.2) is 0 Å². The highest BCUT2D eigenvalue weighted by Gasteiger charge is 2.32. The first-order valence-corrected chi connectivity index (χ1v) is 8.38. The molecule has 116 valence electrons. The van der Waals surface area contributed by atoms with Crippen LogP contribution in [-0.2, 0) is 0 Å². The SMILES string of the molecule is CN(C)c1ccc(C(CN)N(CC2CC2)CC2CC2)cc1. The number of nitrogens with zero attached hydrogens (tertiary/aromatic N) is 2. The second-order valence-electron chi connectivity index (χ2n) is 7.08. The smallest absolute Gasteiger partial charge is 0.0470 e. The van der Waals surface area contributed by atoms with Crippen LogP contribution >= 0.6 is 0 Å². The quantitative estimate of drug-likeness (QED) is 0.798. The van der Waals surface area contributed by atoms with Crippen molar-refractivity contribution in [2.24, 2.45) is 17.6 Å². The molecule has 0 aromatic heterocycles. The number of benzene rings is 1. The standard InChI is InChI=1S/C18H29N3/c1-20(2)17-9-7-16(8-10-17)18(11-19)21(12-14-3-4-14)13-15-5-6-15/h7-10,14-15,18H,3-6,11-13,19H2,1-2H3. The van der Waals surface area contributed by atoms with Crippen molar-refractivity contribution in [1.29, 1.82) is 0 Å². The zero-order valence-corrected chi connectivity index (χ0v) is 13.5. The average Bonchev–Trinajstić information content (AvgIpc) is 3.36. The van der Waals surface area contributed by atoms with Crippen molar-refractivity contribution in [2.45, 2.75) is 31.7 Å². The zero-order chi connectivity index (χ0) is 14.8. The van der Waals surface area contributed by atoms with E-state index in [0.29, 0.717) is 6.04 Å². The van der Waals surface area contributed by atoms with E-state index in [0.717, 1.165) is 18.4 Å². The molecule has 2 N–H and O–H groups in total. The lowest BCUT2D eigenvalue weighted by molar-refractivity contribution is 0.185. The molecular formula is C18H29N3. The van der Waals surface area contributed by atoms with Crippen LogP contribution in [0.1, 0.15) is 37.3 Å². The van der Waals surface area contributed by atoms with E-state index < -0.39 is 0 Å². The Balaban J connectivity index is 1.72. The van der Waals surface area contributed by atoms with Crippen molar-refractivity contribution in [3.63, 3.8) is 0 Å². The summed E-state index contributed by atoms with van der Waals surface area (Å²) in [5.74, 6) is 1.86. The first kappa shape index (κ1) is 14.9. The number of rotatable bonds is 8. The highest BCUT2D eigenvalue weighted by molar-refractivity contribution is 5.46. The van der Waals surface area contributed by atoms with Crippen LogP contribution in [0.5, 0.6) is 0 Å². The van der Waals surface area contributed by atoms with Gasteiger partial charge in [0.2, 0.25) is 0 Å². The Morgan fingerprint density at radius 3 is 1.90 bits per heavy atom. The molecule has 3 rings (SSSR count). The monoisotopic (exact) mass is 287 g/mol. The maximum Gasteiger partial charge on any atom is 0.0470 e. The van der Waals surface area contributed by atoms with E-state index in [9.17, 15) is 0 Å². The summed E-state index contributed by atoms with van der Waals surface area (Å²) in [6.07, 6.45) is 5.66. The Hall–Kier alpha value is -1.06. The number of nitrogens with two attached hydrogens (primary N) is 1. The molecule has 3 heteroatoms. The van der Waals surface area contributed by atoms with Crippen molar-refractivity contribution in [3.05, 3.63) is 29.8 Å². The minimum absolute atomic E-state index is 0.391. The summed E-state index contributed by atoms with van der Waals surface area (Å²) in [5.41, 5.74) is 8.78. The summed E-state index contributed by atoms with van der Waals surface area (Å²) in [4.78, 5) is 4.81. The first-order valence-electron chi connectivity index (χ1n) is 8.38. The highest BCUT2D eigenvalue weighted by Crippen LogP contribution is 2.37. The lowest BCUT2D eigenvalue weighted by Gasteiger charge is -2.32. The largest absolute Gasteiger partial charge is 0.378 e. The van der Waals surface area contributed by atoms with Gasteiger partial charge in [0, 0.05) is 45.5 Å². The van der Waals surface area contributed by atoms with Crippen molar-refractivity contribution in [2.75, 3.05) is 38.6 Å². The van der Waals surface area contributed by atoms with Gasteiger partial charge in [-0.1, -0.05) is 12.1 Å². The summed E-state index contributed by atoms with van der Waals surface area (Å²) in [6, 6.07) is 9.34. The predicted molar refractivity (Wildman–Crippen MR) is 89.6 cm³/mol. The molecule has 1 aromatic carbocycles. The van der Waals surface area contributed by atoms with Gasteiger partial charge in [-0.25, -0.2) is 0 Å². The van der Waals surface area contributed by atoms with Gasteiger partial charge in [-0.15, -0.1) is 0 Å². The second-order valence-corrected chi connectivity index (χ2v) is 7.08. The lowest BCUT2D eigenvalue weighted by atomic mass is 10.0. The molecule has 2 saturated carbocycles. The van der Waals surface area contributed by atoms with Crippen LogP contribution in [-0.4, -0.2) is 38.6 Å². The fourth-order valence-corrected chi connectivity index (χ4v) is 3.08. The van der Waals surface area contributed by atoms with Crippen molar-refractivity contribution < 1.29 is 0 Å². The third-order valence-corrected chi connectivity index (χ3v) is 4.84. The van der Waals surface area contributed by atoms with E-state index in [4.69, 9.17) is 5.73 Å². The zero-order valence-electron chi connectivity index (χ0n) is 13.5. The molecular weight excluding hydrogens is 258 g/mol. The van der Waals surface area contributed by atoms with Crippen LogP contribution < -0.4 is 10.6 Å². The van der Waals surface area contributed by atoms with Crippen LogP contribution in [0, 0.1) is 11.8 Å². The molecule has 2 fully saturated rings. The van der Waals surface area contributed by atoms with Gasteiger partial charge in [-0.05, 0) is 55.2 Å². The number of hydrogen-bond acceptors (Lipinski definition) is 3. The fraction of sp³-hybridized carbons (Fsp3) is 0.667. The first-order chi connectivity index (χ1) is 10.2. The van der Waals surface area contributed by atoms with Crippen LogP contribution in [0.15, 0.2) is 24.3 Å². The summed E-state index contributed by atoms with van der Waals surface area (Å²) in [5, 5.41) is 0. The van der Waals surface area contributed by atoms with Gasteiger partial charge in [0.25, 0.3) is 0 Å². The molecule has 0 spiro atoms. The van der Waals surface area contributed by atoms with E-state index in [1.54, 1.807) is 0 Å². The molecule has 3 nitrogen and oxygen atoms in total. The summed E-state index contributed by atoms with van der Waals surface area (Å²) in [7, 11) is 4.17. The molecule has 2 aliphatic carbocycles. The second kappa shape index (κ2) is 6.37. The van der Waals surface area contributed by atoms with E-state index in [1.165, 1.54) is 50.0 Å². The minimum Gasteiger partial charge on any atom is -0.378 e. The molecule has 0 saturated heterocycles. The molecule has 0 radical (unpaired) electrons. The Morgan fingerprint density at radius 1 is 1.00 bits per heavy atom. The molecule has 2 aliphatic rings. The Bertz CT molecular complexity index is 432. The maximum absolute atomic E-state index is 6.14. The Kier molecular flexibility index (Phi) is 4.51. The van der Waals surface area contributed by atoms with Gasteiger partial charge in [0.05, 0.1) is 0 Å². The van der Waals surface area contributed by atoms with Crippen LogP contribution in [0.4, 0.5) is 5.69 Å². The van der Waals surface area contributed by atoms with E-state index in [1.807, 2.05) is 0 Å². The van der Waals surface area contributed by atoms with Gasteiger partial charge in [-0.2, -0.15) is 0 Å². The van der Waals surface area contributed by atoms with Gasteiger partial charge in [-0.3, -0.25) is 4.90 Å². The average molecular weight is 287 g/mol.